The van der Waals surface area contributed by atoms with Gasteiger partial charge in [0.05, 0.1) is 11.6 Å². The highest BCUT2D eigenvalue weighted by atomic mass is 19.1. The molecule has 0 amide bonds. The van der Waals surface area contributed by atoms with Gasteiger partial charge in [0.2, 0.25) is 0 Å². The molecule has 30 heavy (non-hydrogen) atoms. The highest BCUT2D eigenvalue weighted by Gasteiger charge is 2.28. The molecule has 0 bridgehead atoms. The molecule has 1 unspecified atom stereocenters. The smallest absolute Gasteiger partial charge is 0.153 e. The Morgan fingerprint density at radius 2 is 1.87 bits per heavy atom. The lowest BCUT2D eigenvalue weighted by molar-refractivity contribution is 0.590. The van der Waals surface area contributed by atoms with Crippen LogP contribution < -0.4 is 4.90 Å². The quantitative estimate of drug-likeness (QED) is 0.423. The molecule has 4 aromatic rings. The summed E-state index contributed by atoms with van der Waals surface area (Å²) in [6.07, 6.45) is 2.81. The van der Waals surface area contributed by atoms with Gasteiger partial charge in [0.25, 0.3) is 0 Å². The van der Waals surface area contributed by atoms with Crippen LogP contribution in [0.3, 0.4) is 0 Å². The summed E-state index contributed by atoms with van der Waals surface area (Å²) in [6.45, 7) is 8.21. The maximum Gasteiger partial charge on any atom is 0.153 e. The van der Waals surface area contributed by atoms with Crippen LogP contribution in [0.1, 0.15) is 40.9 Å². The first-order valence-corrected chi connectivity index (χ1v) is 10.6. The van der Waals surface area contributed by atoms with Gasteiger partial charge in [-0.1, -0.05) is 36.4 Å². The second-order valence-electron chi connectivity index (χ2n) is 8.28. The summed E-state index contributed by atoms with van der Waals surface area (Å²) in [7, 11) is 0. The lowest BCUT2D eigenvalue weighted by Gasteiger charge is -2.36. The molecule has 0 saturated heterocycles. The fourth-order valence-corrected chi connectivity index (χ4v) is 4.82. The van der Waals surface area contributed by atoms with E-state index in [0.29, 0.717) is 0 Å². The van der Waals surface area contributed by atoms with Gasteiger partial charge in [0.15, 0.2) is 5.82 Å². The van der Waals surface area contributed by atoms with E-state index < -0.39 is 0 Å². The van der Waals surface area contributed by atoms with E-state index in [2.05, 4.69) is 60.6 Å². The fraction of sp³-hybridized carbons (Fsp3) is 0.269. The normalized spacial score (nSPS) is 16.1. The van der Waals surface area contributed by atoms with E-state index in [1.165, 1.54) is 33.3 Å². The molecule has 2 aromatic heterocycles. The fourth-order valence-electron chi connectivity index (χ4n) is 4.82. The molecule has 0 spiro atoms. The summed E-state index contributed by atoms with van der Waals surface area (Å²) in [5.41, 5.74) is 7.29. The Morgan fingerprint density at radius 3 is 2.67 bits per heavy atom. The van der Waals surface area contributed by atoms with Gasteiger partial charge in [-0.3, -0.25) is 0 Å². The first-order chi connectivity index (χ1) is 14.5. The molecular weight excluding hydrogens is 373 g/mol. The van der Waals surface area contributed by atoms with Crippen LogP contribution in [0.15, 0.2) is 60.8 Å². The lowest BCUT2D eigenvalue weighted by atomic mass is 9.93. The molecule has 0 fully saturated rings. The first kappa shape index (κ1) is 18.9. The minimum absolute atomic E-state index is 0.0724. The number of rotatable bonds is 3. The number of fused-ring (bicyclic) bond motifs is 2. The van der Waals surface area contributed by atoms with Crippen molar-refractivity contribution in [2.24, 2.45) is 0 Å². The van der Waals surface area contributed by atoms with Crippen LogP contribution in [0.4, 0.5) is 10.2 Å². The number of halogens is 1. The van der Waals surface area contributed by atoms with Gasteiger partial charge in [-0.05, 0) is 67.6 Å². The molecule has 0 aliphatic carbocycles. The highest BCUT2D eigenvalue weighted by molar-refractivity contribution is 5.94. The van der Waals surface area contributed by atoms with Gasteiger partial charge >= 0.3 is 0 Å². The molecule has 5 rings (SSSR count). The molecule has 1 aliphatic heterocycles. The summed E-state index contributed by atoms with van der Waals surface area (Å²) >= 11 is 0. The largest absolute Gasteiger partial charge is 0.348 e. The van der Waals surface area contributed by atoms with Crippen molar-refractivity contribution in [3.8, 4) is 0 Å². The molecule has 1 atom stereocenters. The van der Waals surface area contributed by atoms with Gasteiger partial charge in [0, 0.05) is 30.4 Å². The Hall–Kier alpha value is -3.14. The van der Waals surface area contributed by atoms with Crippen molar-refractivity contribution in [1.29, 1.82) is 0 Å². The number of hydrogen-bond donors (Lipinski definition) is 0. The minimum Gasteiger partial charge on any atom is -0.348 e. The van der Waals surface area contributed by atoms with E-state index in [0.717, 1.165) is 30.9 Å². The molecule has 4 heteroatoms. The van der Waals surface area contributed by atoms with Crippen LogP contribution >= 0.6 is 0 Å². The standard InChI is InChI=1S/C26H26FN3/c1-17-18(2)30(16-20-7-5-4-6-8-20)25-23(17)11-13-28-26(25)29-14-12-21-9-10-22(27)15-24(21)19(29)3/h4-11,13,15,19H,12,14,16H2,1-3H3. The SMILES string of the molecule is Cc1c(C)n(Cc2ccccc2)c2c(N3CCc4ccc(F)cc4C3C)nccc12. The number of aryl methyl sites for hydroxylation is 1. The van der Waals surface area contributed by atoms with Crippen molar-refractivity contribution < 1.29 is 4.39 Å². The minimum atomic E-state index is -0.173. The van der Waals surface area contributed by atoms with Crippen LogP contribution in [0.5, 0.6) is 0 Å². The molecule has 0 saturated carbocycles. The van der Waals surface area contributed by atoms with Crippen LogP contribution in [0.25, 0.3) is 10.9 Å². The lowest BCUT2D eigenvalue weighted by Crippen LogP contribution is -2.35. The third kappa shape index (κ3) is 2.98. The zero-order valence-electron chi connectivity index (χ0n) is 17.7. The van der Waals surface area contributed by atoms with Crippen molar-refractivity contribution in [3.63, 3.8) is 0 Å². The highest BCUT2D eigenvalue weighted by Crippen LogP contribution is 2.38. The molecule has 3 nitrogen and oxygen atoms in total. The average Bonchev–Trinajstić information content (AvgIpc) is 3.00. The van der Waals surface area contributed by atoms with E-state index in [-0.39, 0.29) is 11.9 Å². The number of benzene rings is 2. The zero-order valence-corrected chi connectivity index (χ0v) is 17.7. The van der Waals surface area contributed by atoms with Crippen molar-refractivity contribution in [1.82, 2.24) is 9.55 Å². The van der Waals surface area contributed by atoms with E-state index in [4.69, 9.17) is 4.98 Å². The van der Waals surface area contributed by atoms with Crippen LogP contribution in [0.2, 0.25) is 0 Å². The summed E-state index contributed by atoms with van der Waals surface area (Å²) in [5, 5.41) is 1.24. The number of pyridine rings is 1. The maximum absolute atomic E-state index is 14.0. The molecule has 152 valence electrons. The Kier molecular flexibility index (Phi) is 4.58. The predicted octanol–water partition coefficient (Wildman–Crippen LogP) is 5.96. The van der Waals surface area contributed by atoms with Gasteiger partial charge in [-0.25, -0.2) is 9.37 Å². The second-order valence-corrected chi connectivity index (χ2v) is 8.28. The number of anilines is 1. The monoisotopic (exact) mass is 399 g/mol. The zero-order chi connectivity index (χ0) is 20.8. The van der Waals surface area contributed by atoms with Gasteiger partial charge < -0.3 is 9.47 Å². The Balaban J connectivity index is 1.66. The van der Waals surface area contributed by atoms with Crippen molar-refractivity contribution in [2.45, 2.75) is 39.8 Å². The Labute approximate surface area is 176 Å². The summed E-state index contributed by atoms with van der Waals surface area (Å²) in [6, 6.07) is 17.9. The van der Waals surface area contributed by atoms with Crippen molar-refractivity contribution >= 4 is 16.7 Å². The third-order valence-electron chi connectivity index (χ3n) is 6.63. The Morgan fingerprint density at radius 1 is 1.07 bits per heavy atom. The topological polar surface area (TPSA) is 21.1 Å². The van der Waals surface area contributed by atoms with Crippen molar-refractivity contribution in [2.75, 3.05) is 11.4 Å². The number of nitrogens with zero attached hydrogens (tertiary/aromatic N) is 3. The molecule has 1 aliphatic rings. The molecule has 2 aromatic carbocycles. The number of hydrogen-bond acceptors (Lipinski definition) is 2. The van der Waals surface area contributed by atoms with Gasteiger partial charge in [0.1, 0.15) is 5.82 Å². The van der Waals surface area contributed by atoms with Crippen LogP contribution in [-0.4, -0.2) is 16.1 Å². The third-order valence-corrected chi connectivity index (χ3v) is 6.63. The van der Waals surface area contributed by atoms with Crippen molar-refractivity contribution in [3.05, 3.63) is 94.6 Å². The first-order valence-electron chi connectivity index (χ1n) is 10.6. The van der Waals surface area contributed by atoms with Gasteiger partial charge in [-0.2, -0.15) is 0 Å². The molecule has 0 N–H and O–H groups in total. The van der Waals surface area contributed by atoms with E-state index in [9.17, 15) is 4.39 Å². The van der Waals surface area contributed by atoms with Crippen LogP contribution in [0, 0.1) is 19.7 Å². The Bertz CT molecular complexity index is 1230. The summed E-state index contributed by atoms with van der Waals surface area (Å²) in [4.78, 5) is 7.18. The molecular formula is C26H26FN3. The number of aromatic nitrogens is 2. The average molecular weight is 400 g/mol. The predicted molar refractivity (Wildman–Crippen MR) is 121 cm³/mol. The molecule has 3 heterocycles. The van der Waals surface area contributed by atoms with E-state index in [1.807, 2.05) is 18.3 Å². The molecule has 0 radical (unpaired) electrons. The van der Waals surface area contributed by atoms with Gasteiger partial charge in [-0.15, -0.1) is 0 Å². The second kappa shape index (κ2) is 7.28. The van der Waals surface area contributed by atoms with E-state index in [1.54, 1.807) is 12.1 Å². The summed E-state index contributed by atoms with van der Waals surface area (Å²) < 4.78 is 16.4. The van der Waals surface area contributed by atoms with E-state index >= 15 is 0 Å². The summed E-state index contributed by atoms with van der Waals surface area (Å²) in [5.74, 6) is 0.815. The van der Waals surface area contributed by atoms with Crippen LogP contribution in [-0.2, 0) is 13.0 Å². The maximum atomic E-state index is 14.0.